The Morgan fingerprint density at radius 3 is 2.48 bits per heavy atom. The summed E-state index contributed by atoms with van der Waals surface area (Å²) in [6, 6.07) is 10.0. The first-order valence-electron chi connectivity index (χ1n) is 9.15. The predicted octanol–water partition coefficient (Wildman–Crippen LogP) is 2.15. The number of rotatable bonds is 3. The summed E-state index contributed by atoms with van der Waals surface area (Å²) in [5, 5.41) is -1.08. The van der Waals surface area contributed by atoms with Gasteiger partial charge in [-0.1, -0.05) is 18.2 Å². The number of sulfone groups is 1. The molecule has 2 aromatic carbocycles. The smallest absolute Gasteiger partial charge is 0.243 e. The minimum atomic E-state index is -3.95. The van der Waals surface area contributed by atoms with Gasteiger partial charge in [0.2, 0.25) is 10.0 Å². The van der Waals surface area contributed by atoms with Crippen LogP contribution in [0.1, 0.15) is 17.2 Å². The van der Waals surface area contributed by atoms with Crippen molar-refractivity contribution in [1.82, 2.24) is 4.31 Å². The Labute approximate surface area is 169 Å². The van der Waals surface area contributed by atoms with Crippen LogP contribution in [-0.2, 0) is 19.9 Å². The van der Waals surface area contributed by atoms with Crippen molar-refractivity contribution < 1.29 is 30.7 Å². The molecule has 0 N–H and O–H groups in total. The summed E-state index contributed by atoms with van der Waals surface area (Å²) in [6.45, 7) is 0.488. The van der Waals surface area contributed by atoms with E-state index in [4.69, 9.17) is 9.47 Å². The molecule has 0 bridgehead atoms. The number of benzene rings is 2. The van der Waals surface area contributed by atoms with Crippen LogP contribution >= 0.6 is 0 Å². The van der Waals surface area contributed by atoms with Gasteiger partial charge in [-0.25, -0.2) is 21.2 Å². The molecule has 0 saturated carbocycles. The lowest BCUT2D eigenvalue weighted by Crippen LogP contribution is -2.33. The number of halogens is 1. The molecule has 10 heteroatoms. The second-order valence-electron chi connectivity index (χ2n) is 6.88. The number of ether oxygens (including phenoxy) is 2. The first kappa shape index (κ1) is 20.1. The average molecular weight is 442 g/mol. The summed E-state index contributed by atoms with van der Waals surface area (Å²) in [5.41, 5.74) is 0.0751. The van der Waals surface area contributed by atoms with Crippen LogP contribution in [0.2, 0.25) is 0 Å². The van der Waals surface area contributed by atoms with Crippen LogP contribution in [0.3, 0.4) is 0 Å². The van der Waals surface area contributed by atoms with Crippen molar-refractivity contribution >= 4 is 19.9 Å². The van der Waals surface area contributed by atoms with Crippen LogP contribution < -0.4 is 9.47 Å². The Morgan fingerprint density at radius 1 is 1.00 bits per heavy atom. The predicted molar refractivity (Wildman–Crippen MR) is 104 cm³/mol. The van der Waals surface area contributed by atoms with Crippen LogP contribution in [0, 0.1) is 5.82 Å². The maximum absolute atomic E-state index is 14.2. The number of hydrogen-bond donors (Lipinski definition) is 0. The van der Waals surface area contributed by atoms with Crippen molar-refractivity contribution in [2.75, 3.05) is 32.1 Å². The van der Waals surface area contributed by atoms with Gasteiger partial charge < -0.3 is 9.47 Å². The maximum Gasteiger partial charge on any atom is 0.243 e. The molecule has 1 saturated heterocycles. The molecule has 2 aliphatic rings. The lowest BCUT2D eigenvalue weighted by molar-refractivity contribution is 0.171. The molecule has 0 aromatic heterocycles. The molecule has 0 radical (unpaired) electrons. The number of fused-ring (bicyclic) bond motifs is 1. The van der Waals surface area contributed by atoms with Crippen LogP contribution in [0.5, 0.6) is 11.5 Å². The summed E-state index contributed by atoms with van der Waals surface area (Å²) < 4.78 is 77.9. The molecule has 0 spiro atoms. The van der Waals surface area contributed by atoms with Gasteiger partial charge in [0.15, 0.2) is 21.3 Å². The minimum Gasteiger partial charge on any atom is -0.486 e. The zero-order chi connectivity index (χ0) is 20.6. The Bertz CT molecular complexity index is 1130. The van der Waals surface area contributed by atoms with Crippen molar-refractivity contribution in [1.29, 1.82) is 0 Å². The SMILES string of the molecule is O=S1(=O)CCN(S(=O)(=O)c2ccc3c(c2)OCCO3)CCC1c1ccccc1F. The van der Waals surface area contributed by atoms with Crippen LogP contribution in [0.25, 0.3) is 0 Å². The van der Waals surface area contributed by atoms with E-state index in [0.717, 1.165) is 4.31 Å². The second kappa shape index (κ2) is 7.58. The molecule has 29 heavy (non-hydrogen) atoms. The molecule has 7 nitrogen and oxygen atoms in total. The van der Waals surface area contributed by atoms with E-state index in [1.165, 1.54) is 36.4 Å². The average Bonchev–Trinajstić information content (AvgIpc) is 2.86. The molecule has 4 rings (SSSR count). The van der Waals surface area contributed by atoms with E-state index in [2.05, 4.69) is 0 Å². The van der Waals surface area contributed by atoms with Gasteiger partial charge in [0.25, 0.3) is 0 Å². The lowest BCUT2D eigenvalue weighted by Gasteiger charge is -2.22. The molecule has 2 heterocycles. The van der Waals surface area contributed by atoms with E-state index < -0.39 is 30.9 Å². The zero-order valence-corrected chi connectivity index (χ0v) is 17.1. The highest BCUT2D eigenvalue weighted by molar-refractivity contribution is 7.92. The Kier molecular flexibility index (Phi) is 5.26. The molecule has 2 aliphatic heterocycles. The molecule has 0 aliphatic carbocycles. The monoisotopic (exact) mass is 441 g/mol. The Balaban J connectivity index is 1.63. The van der Waals surface area contributed by atoms with Crippen LogP contribution in [-0.4, -0.2) is 53.2 Å². The topological polar surface area (TPSA) is 90.0 Å². The molecule has 1 atom stereocenters. The molecule has 156 valence electrons. The number of nitrogens with zero attached hydrogens (tertiary/aromatic N) is 1. The third-order valence-electron chi connectivity index (χ3n) is 5.10. The first-order chi connectivity index (χ1) is 13.8. The maximum atomic E-state index is 14.2. The van der Waals surface area contributed by atoms with Crippen molar-refractivity contribution in [3.8, 4) is 11.5 Å². The quantitative estimate of drug-likeness (QED) is 0.725. The number of hydrogen-bond acceptors (Lipinski definition) is 6. The standard InChI is InChI=1S/C19H20FNO6S2/c20-16-4-2-1-3-15(16)19-7-8-21(9-12-28(19,22)23)29(24,25)14-5-6-17-18(13-14)27-11-10-26-17/h1-6,13,19H,7-12H2. The summed E-state index contributed by atoms with van der Waals surface area (Å²) in [7, 11) is -7.66. The van der Waals surface area contributed by atoms with Gasteiger partial charge >= 0.3 is 0 Å². The minimum absolute atomic E-state index is 0.00323. The summed E-state index contributed by atoms with van der Waals surface area (Å²) in [4.78, 5) is 0.00323. The summed E-state index contributed by atoms with van der Waals surface area (Å²) in [5.74, 6) is -0.183. The van der Waals surface area contributed by atoms with Crippen molar-refractivity contribution in [3.05, 3.63) is 53.8 Å². The molecule has 2 aromatic rings. The Hall–Kier alpha value is -2.17. The Morgan fingerprint density at radius 2 is 1.72 bits per heavy atom. The first-order valence-corrected chi connectivity index (χ1v) is 12.3. The molecular formula is C19H20FNO6S2. The second-order valence-corrected chi connectivity index (χ2v) is 11.1. The van der Waals surface area contributed by atoms with Gasteiger partial charge in [0.05, 0.1) is 15.9 Å². The highest BCUT2D eigenvalue weighted by Gasteiger charge is 2.37. The van der Waals surface area contributed by atoms with Gasteiger partial charge in [-0.15, -0.1) is 0 Å². The molecule has 1 unspecified atom stereocenters. The molecule has 1 fully saturated rings. The molecule has 0 amide bonds. The third-order valence-corrected chi connectivity index (χ3v) is 9.11. The lowest BCUT2D eigenvalue weighted by atomic mass is 10.1. The van der Waals surface area contributed by atoms with Crippen LogP contribution in [0.4, 0.5) is 4.39 Å². The highest BCUT2D eigenvalue weighted by atomic mass is 32.2. The van der Waals surface area contributed by atoms with Crippen molar-refractivity contribution in [2.45, 2.75) is 16.6 Å². The van der Waals surface area contributed by atoms with Crippen LogP contribution in [0.15, 0.2) is 47.4 Å². The van der Waals surface area contributed by atoms with E-state index >= 15 is 0 Å². The summed E-state index contributed by atoms with van der Waals surface area (Å²) >= 11 is 0. The zero-order valence-electron chi connectivity index (χ0n) is 15.5. The normalized spacial score (nSPS) is 22.0. The fraction of sp³-hybridized carbons (Fsp3) is 0.368. The van der Waals surface area contributed by atoms with Gasteiger partial charge in [0, 0.05) is 24.7 Å². The third kappa shape index (κ3) is 3.84. The number of sulfonamides is 1. The fourth-order valence-electron chi connectivity index (χ4n) is 3.58. The van der Waals surface area contributed by atoms with Gasteiger partial charge in [-0.2, -0.15) is 4.31 Å². The highest BCUT2D eigenvalue weighted by Crippen LogP contribution is 2.35. The van der Waals surface area contributed by atoms with E-state index in [-0.39, 0.29) is 35.7 Å². The van der Waals surface area contributed by atoms with Crippen molar-refractivity contribution in [2.24, 2.45) is 0 Å². The molecular weight excluding hydrogens is 421 g/mol. The van der Waals surface area contributed by atoms with Gasteiger partial charge in [-0.05, 0) is 24.6 Å². The largest absolute Gasteiger partial charge is 0.486 e. The van der Waals surface area contributed by atoms with Gasteiger partial charge in [-0.3, -0.25) is 0 Å². The fourth-order valence-corrected chi connectivity index (χ4v) is 6.97. The van der Waals surface area contributed by atoms with Gasteiger partial charge in [0.1, 0.15) is 19.0 Å². The van der Waals surface area contributed by atoms with E-state index in [0.29, 0.717) is 24.7 Å². The summed E-state index contributed by atoms with van der Waals surface area (Å²) in [6.07, 6.45) is -0.0208. The van der Waals surface area contributed by atoms with E-state index in [1.807, 2.05) is 0 Å². The van der Waals surface area contributed by atoms with E-state index in [1.54, 1.807) is 6.07 Å². The van der Waals surface area contributed by atoms with E-state index in [9.17, 15) is 21.2 Å². The van der Waals surface area contributed by atoms with Crippen molar-refractivity contribution in [3.63, 3.8) is 0 Å².